The quantitative estimate of drug-likeness (QED) is 0.641. The molecule has 0 saturated carbocycles. The van der Waals surface area contributed by atoms with E-state index in [1.54, 1.807) is 19.2 Å². The lowest BCUT2D eigenvalue weighted by molar-refractivity contribution is -0.166. The van der Waals surface area contributed by atoms with E-state index in [2.05, 4.69) is 0 Å². The van der Waals surface area contributed by atoms with Crippen molar-refractivity contribution in [3.63, 3.8) is 0 Å². The van der Waals surface area contributed by atoms with Gasteiger partial charge in [0.25, 0.3) is 0 Å². The van der Waals surface area contributed by atoms with Gasteiger partial charge in [-0.25, -0.2) is 4.79 Å². The van der Waals surface area contributed by atoms with Crippen molar-refractivity contribution in [1.82, 2.24) is 4.90 Å². The number of likely N-dealkylation sites (N-methyl/N-ethyl adjacent to an activating group) is 1. The zero-order chi connectivity index (χ0) is 21.7. The van der Waals surface area contributed by atoms with Gasteiger partial charge in [0.1, 0.15) is 5.60 Å². The normalized spacial score (nSPS) is 19.5. The number of benzene rings is 1. The molecular formula is C21H32Cl2N2O4. The third-order valence-corrected chi connectivity index (χ3v) is 5.80. The molecule has 1 saturated heterocycles. The summed E-state index contributed by atoms with van der Waals surface area (Å²) in [6.45, 7) is 6.71. The number of nitrogens with zero attached hydrogens (tertiary/aromatic N) is 1. The maximum absolute atomic E-state index is 12.9. The molecule has 1 aromatic rings. The number of hydrogen-bond donors (Lipinski definition) is 1. The molecule has 0 bridgehead atoms. The average molecular weight is 447 g/mol. The molecule has 1 fully saturated rings. The van der Waals surface area contributed by atoms with Crippen molar-refractivity contribution < 1.29 is 19.0 Å². The molecule has 1 amide bonds. The maximum Gasteiger partial charge on any atom is 0.410 e. The Kier molecular flexibility index (Phi) is 8.61. The molecule has 2 unspecified atom stereocenters. The molecule has 1 heterocycles. The zero-order valence-electron chi connectivity index (χ0n) is 17.7. The highest BCUT2D eigenvalue weighted by Crippen LogP contribution is 2.35. The summed E-state index contributed by atoms with van der Waals surface area (Å²) in [7, 11) is 1.68. The van der Waals surface area contributed by atoms with Gasteiger partial charge in [0.05, 0.1) is 22.2 Å². The minimum absolute atomic E-state index is 0.162. The van der Waals surface area contributed by atoms with Crippen LogP contribution >= 0.6 is 23.2 Å². The smallest absolute Gasteiger partial charge is 0.410 e. The third kappa shape index (κ3) is 6.46. The van der Waals surface area contributed by atoms with Gasteiger partial charge >= 0.3 is 6.09 Å². The van der Waals surface area contributed by atoms with E-state index in [0.717, 1.165) is 24.8 Å². The van der Waals surface area contributed by atoms with E-state index in [1.807, 2.05) is 26.8 Å². The first-order valence-corrected chi connectivity index (χ1v) is 10.7. The first kappa shape index (κ1) is 24.2. The second kappa shape index (κ2) is 10.3. The number of carbonyl (C=O) groups excluding carboxylic acids is 1. The van der Waals surface area contributed by atoms with Gasteiger partial charge in [0.2, 0.25) is 0 Å². The topological polar surface area (TPSA) is 74.0 Å². The molecule has 8 heteroatoms. The summed E-state index contributed by atoms with van der Waals surface area (Å²) in [4.78, 5) is 14.4. The summed E-state index contributed by atoms with van der Waals surface area (Å²) in [6, 6.07) is 5.28. The molecule has 2 rings (SSSR count). The van der Waals surface area contributed by atoms with Crippen molar-refractivity contribution in [2.45, 2.75) is 63.9 Å². The van der Waals surface area contributed by atoms with E-state index in [1.165, 1.54) is 4.90 Å². The van der Waals surface area contributed by atoms with Crippen LogP contribution in [0.4, 0.5) is 4.79 Å². The monoisotopic (exact) mass is 446 g/mol. The van der Waals surface area contributed by atoms with Gasteiger partial charge < -0.3 is 24.8 Å². The van der Waals surface area contributed by atoms with Crippen LogP contribution in [-0.4, -0.2) is 49.7 Å². The molecule has 0 aliphatic carbocycles. The Hall–Kier alpha value is -1.05. The summed E-state index contributed by atoms with van der Waals surface area (Å²) in [5.74, 6) is 0. The molecule has 0 spiro atoms. The Morgan fingerprint density at radius 1 is 1.28 bits per heavy atom. The number of rotatable bonds is 7. The summed E-state index contributed by atoms with van der Waals surface area (Å²) in [5, 5.41) is 0.837. The molecule has 2 atom stereocenters. The zero-order valence-corrected chi connectivity index (χ0v) is 19.2. The van der Waals surface area contributed by atoms with Crippen LogP contribution in [0.25, 0.3) is 0 Å². The van der Waals surface area contributed by atoms with Crippen LogP contribution in [0, 0.1) is 0 Å². The molecule has 6 nitrogen and oxygen atoms in total. The molecule has 164 valence electrons. The summed E-state index contributed by atoms with van der Waals surface area (Å²) in [5.41, 5.74) is 5.51. The van der Waals surface area contributed by atoms with Crippen LogP contribution in [0.3, 0.4) is 0 Å². The highest BCUT2D eigenvalue weighted by Gasteiger charge is 2.40. The molecule has 29 heavy (non-hydrogen) atoms. The number of amides is 1. The van der Waals surface area contributed by atoms with Crippen LogP contribution in [-0.2, 0) is 19.7 Å². The molecule has 0 aromatic heterocycles. The molecular weight excluding hydrogens is 415 g/mol. The molecule has 1 aliphatic heterocycles. The maximum atomic E-state index is 12.9. The highest BCUT2D eigenvalue weighted by atomic mass is 35.5. The lowest BCUT2D eigenvalue weighted by atomic mass is 9.85. The van der Waals surface area contributed by atoms with Crippen molar-refractivity contribution in [1.29, 1.82) is 0 Å². The second-order valence-electron chi connectivity index (χ2n) is 8.32. The van der Waals surface area contributed by atoms with Gasteiger partial charge in [-0.1, -0.05) is 29.3 Å². The standard InChI is InChI=1S/C21H32Cl2N2O4/c1-20(2,3)29-19(26)25(4)21(14-24,15-8-9-16(22)17(23)13-15)10-12-28-18-7-5-6-11-27-18/h8-9,13,18H,5-7,10-12,14,24H2,1-4H3. The first-order valence-electron chi connectivity index (χ1n) is 9.95. The van der Waals surface area contributed by atoms with Crippen molar-refractivity contribution >= 4 is 29.3 Å². The molecule has 1 aromatic carbocycles. The Balaban J connectivity index is 2.28. The van der Waals surface area contributed by atoms with E-state index < -0.39 is 17.2 Å². The van der Waals surface area contributed by atoms with E-state index in [0.29, 0.717) is 29.7 Å². The van der Waals surface area contributed by atoms with Crippen LogP contribution < -0.4 is 5.73 Å². The van der Waals surface area contributed by atoms with E-state index in [4.69, 9.17) is 43.1 Å². The van der Waals surface area contributed by atoms with Crippen LogP contribution in [0.2, 0.25) is 10.0 Å². The Bertz CT molecular complexity index is 690. The molecule has 2 N–H and O–H groups in total. The fourth-order valence-electron chi connectivity index (χ4n) is 3.36. The first-order chi connectivity index (χ1) is 13.6. The molecule has 0 radical (unpaired) electrons. The van der Waals surface area contributed by atoms with Gasteiger partial charge in [-0.05, 0) is 64.2 Å². The predicted molar refractivity (Wildman–Crippen MR) is 115 cm³/mol. The van der Waals surface area contributed by atoms with Gasteiger partial charge in [-0.3, -0.25) is 0 Å². The van der Waals surface area contributed by atoms with Gasteiger partial charge in [0, 0.05) is 20.2 Å². The van der Waals surface area contributed by atoms with Gasteiger partial charge in [0.15, 0.2) is 6.29 Å². The molecule has 1 aliphatic rings. The average Bonchev–Trinajstić information content (AvgIpc) is 2.67. The van der Waals surface area contributed by atoms with Crippen molar-refractivity contribution in [3.05, 3.63) is 33.8 Å². The van der Waals surface area contributed by atoms with E-state index in [9.17, 15) is 4.79 Å². The predicted octanol–water partition coefficient (Wildman–Crippen LogP) is 4.95. The number of hydrogen-bond acceptors (Lipinski definition) is 5. The SMILES string of the molecule is CN(C(=O)OC(C)(C)C)C(CN)(CCOC1CCCCO1)c1ccc(Cl)c(Cl)c1. The van der Waals surface area contributed by atoms with Crippen molar-refractivity contribution in [2.75, 3.05) is 26.8 Å². The van der Waals surface area contributed by atoms with Crippen molar-refractivity contribution in [2.24, 2.45) is 5.73 Å². The third-order valence-electron chi connectivity index (χ3n) is 5.06. The minimum atomic E-state index is -0.870. The number of halogens is 2. The summed E-state index contributed by atoms with van der Waals surface area (Å²) < 4.78 is 17.2. The number of carbonyl (C=O) groups is 1. The lowest BCUT2D eigenvalue weighted by Gasteiger charge is -2.42. The Morgan fingerprint density at radius 2 is 2.00 bits per heavy atom. The van der Waals surface area contributed by atoms with Crippen LogP contribution in [0.1, 0.15) is 52.0 Å². The summed E-state index contributed by atoms with van der Waals surface area (Å²) in [6.07, 6.45) is 2.76. The van der Waals surface area contributed by atoms with Gasteiger partial charge in [-0.15, -0.1) is 0 Å². The van der Waals surface area contributed by atoms with Crippen LogP contribution in [0.15, 0.2) is 18.2 Å². The lowest BCUT2D eigenvalue weighted by Crippen LogP contribution is -2.54. The largest absolute Gasteiger partial charge is 0.444 e. The Morgan fingerprint density at radius 3 is 2.55 bits per heavy atom. The fourth-order valence-corrected chi connectivity index (χ4v) is 3.65. The number of nitrogens with two attached hydrogens (primary N) is 1. The van der Waals surface area contributed by atoms with Gasteiger partial charge in [-0.2, -0.15) is 0 Å². The van der Waals surface area contributed by atoms with E-state index >= 15 is 0 Å². The van der Waals surface area contributed by atoms with Crippen LogP contribution in [0.5, 0.6) is 0 Å². The second-order valence-corrected chi connectivity index (χ2v) is 9.14. The van der Waals surface area contributed by atoms with E-state index in [-0.39, 0.29) is 12.8 Å². The minimum Gasteiger partial charge on any atom is -0.444 e. The summed E-state index contributed by atoms with van der Waals surface area (Å²) >= 11 is 12.4. The van der Waals surface area contributed by atoms with Crippen molar-refractivity contribution in [3.8, 4) is 0 Å². The number of ether oxygens (including phenoxy) is 3. The highest BCUT2D eigenvalue weighted by molar-refractivity contribution is 6.42. The Labute approximate surface area is 183 Å². The fraction of sp³-hybridized carbons (Fsp3) is 0.667.